The Hall–Kier alpha value is -2.90. The molecule has 25 heavy (non-hydrogen) atoms. The minimum absolute atomic E-state index is 0.149. The summed E-state index contributed by atoms with van der Waals surface area (Å²) in [6.07, 6.45) is -4.82. The van der Waals surface area contributed by atoms with Crippen LogP contribution in [0.5, 0.6) is 0 Å². The molecule has 0 radical (unpaired) electrons. The molecule has 2 aromatic carbocycles. The fourth-order valence-corrected chi connectivity index (χ4v) is 2.18. The molecule has 0 aliphatic rings. The zero-order valence-electron chi connectivity index (χ0n) is 12.8. The molecule has 1 atom stereocenters. The zero-order valence-corrected chi connectivity index (χ0v) is 12.8. The van der Waals surface area contributed by atoms with Crippen molar-refractivity contribution >= 4 is 11.8 Å². The minimum atomic E-state index is -4.60. The summed E-state index contributed by atoms with van der Waals surface area (Å²) < 4.78 is 51.8. The molecule has 0 fully saturated rings. The van der Waals surface area contributed by atoms with Gasteiger partial charge in [-0.1, -0.05) is 24.3 Å². The average Bonchev–Trinajstić information content (AvgIpc) is 2.55. The van der Waals surface area contributed by atoms with Crippen LogP contribution < -0.4 is 11.1 Å². The average molecular weight is 354 g/mol. The van der Waals surface area contributed by atoms with Crippen LogP contribution in [-0.2, 0) is 17.4 Å². The Labute approximate surface area is 140 Å². The van der Waals surface area contributed by atoms with E-state index in [4.69, 9.17) is 5.73 Å². The molecule has 2 amide bonds. The topological polar surface area (TPSA) is 72.2 Å². The van der Waals surface area contributed by atoms with Gasteiger partial charge >= 0.3 is 6.18 Å². The van der Waals surface area contributed by atoms with Crippen molar-refractivity contribution in [3.8, 4) is 0 Å². The third-order valence-electron chi connectivity index (χ3n) is 3.48. The van der Waals surface area contributed by atoms with E-state index in [1.165, 1.54) is 24.3 Å². The van der Waals surface area contributed by atoms with E-state index >= 15 is 0 Å². The van der Waals surface area contributed by atoms with E-state index in [0.717, 1.165) is 12.1 Å². The van der Waals surface area contributed by atoms with Crippen LogP contribution in [0.1, 0.15) is 21.5 Å². The lowest BCUT2D eigenvalue weighted by molar-refractivity contribution is -0.137. The maximum Gasteiger partial charge on any atom is 0.416 e. The number of rotatable bonds is 5. The van der Waals surface area contributed by atoms with Gasteiger partial charge in [-0.2, -0.15) is 13.2 Å². The van der Waals surface area contributed by atoms with Crippen LogP contribution in [0.3, 0.4) is 0 Å². The molecule has 0 bridgehead atoms. The predicted octanol–water partition coefficient (Wildman–Crippen LogP) is 2.67. The Morgan fingerprint density at radius 2 is 1.76 bits per heavy atom. The highest BCUT2D eigenvalue weighted by Gasteiger charge is 2.31. The lowest BCUT2D eigenvalue weighted by atomic mass is 10.0. The van der Waals surface area contributed by atoms with Gasteiger partial charge in [-0.25, -0.2) is 4.39 Å². The number of benzene rings is 2. The number of primary amides is 1. The lowest BCUT2D eigenvalue weighted by Gasteiger charge is -2.16. The highest BCUT2D eigenvalue weighted by Crippen LogP contribution is 2.29. The summed E-state index contributed by atoms with van der Waals surface area (Å²) in [6, 6.07) is 8.07. The fourth-order valence-electron chi connectivity index (χ4n) is 2.18. The van der Waals surface area contributed by atoms with Crippen molar-refractivity contribution in [3.05, 3.63) is 71.0 Å². The van der Waals surface area contributed by atoms with E-state index < -0.39 is 35.4 Å². The minimum Gasteiger partial charge on any atom is -0.368 e. The van der Waals surface area contributed by atoms with Crippen molar-refractivity contribution < 1.29 is 27.2 Å². The summed E-state index contributed by atoms with van der Waals surface area (Å²) in [5.74, 6) is -2.42. The number of carbonyl (C=O) groups is 2. The third kappa shape index (κ3) is 4.79. The second kappa shape index (κ2) is 7.33. The molecular weight excluding hydrogens is 340 g/mol. The molecule has 0 aliphatic heterocycles. The first-order valence-corrected chi connectivity index (χ1v) is 7.19. The fraction of sp³-hybridized carbons (Fsp3) is 0.176. The largest absolute Gasteiger partial charge is 0.416 e. The van der Waals surface area contributed by atoms with Gasteiger partial charge in [-0.05, 0) is 29.8 Å². The van der Waals surface area contributed by atoms with E-state index in [1.807, 2.05) is 0 Å². The molecule has 0 aromatic heterocycles. The Morgan fingerprint density at radius 1 is 1.08 bits per heavy atom. The van der Waals surface area contributed by atoms with Crippen molar-refractivity contribution in [3.63, 3.8) is 0 Å². The number of hydrogen-bond donors (Lipinski definition) is 2. The monoisotopic (exact) mass is 354 g/mol. The van der Waals surface area contributed by atoms with Crippen LogP contribution in [-0.4, -0.2) is 17.9 Å². The van der Waals surface area contributed by atoms with Gasteiger partial charge in [0.1, 0.15) is 11.9 Å². The van der Waals surface area contributed by atoms with E-state index in [2.05, 4.69) is 5.32 Å². The van der Waals surface area contributed by atoms with Gasteiger partial charge < -0.3 is 11.1 Å². The van der Waals surface area contributed by atoms with Crippen LogP contribution in [0.25, 0.3) is 0 Å². The van der Waals surface area contributed by atoms with Crippen molar-refractivity contribution in [1.29, 1.82) is 0 Å². The van der Waals surface area contributed by atoms with Crippen LogP contribution >= 0.6 is 0 Å². The number of nitrogens with one attached hydrogen (secondary N) is 1. The number of hydrogen-bond acceptors (Lipinski definition) is 2. The second-order valence-electron chi connectivity index (χ2n) is 5.30. The van der Waals surface area contributed by atoms with Crippen LogP contribution in [0.4, 0.5) is 17.6 Å². The number of halogens is 4. The first kappa shape index (κ1) is 18.4. The first-order valence-electron chi connectivity index (χ1n) is 7.19. The third-order valence-corrected chi connectivity index (χ3v) is 3.48. The normalized spacial score (nSPS) is 12.5. The van der Waals surface area contributed by atoms with Crippen molar-refractivity contribution in [1.82, 2.24) is 5.32 Å². The van der Waals surface area contributed by atoms with Crippen molar-refractivity contribution in [2.24, 2.45) is 5.73 Å². The Bertz CT molecular complexity index is 790. The van der Waals surface area contributed by atoms with E-state index in [0.29, 0.717) is 6.07 Å². The molecule has 8 heteroatoms. The van der Waals surface area contributed by atoms with Crippen molar-refractivity contribution in [2.45, 2.75) is 18.6 Å². The van der Waals surface area contributed by atoms with E-state index in [-0.39, 0.29) is 17.5 Å². The molecule has 0 spiro atoms. The molecule has 0 aliphatic carbocycles. The summed E-state index contributed by atoms with van der Waals surface area (Å²) in [5, 5.41) is 2.24. The molecule has 132 valence electrons. The Balaban J connectivity index is 2.18. The Morgan fingerprint density at radius 3 is 2.36 bits per heavy atom. The highest BCUT2D eigenvalue weighted by atomic mass is 19.4. The molecule has 0 saturated carbocycles. The molecule has 0 saturated heterocycles. The lowest BCUT2D eigenvalue weighted by Crippen LogP contribution is -2.46. The number of alkyl halides is 3. The predicted molar refractivity (Wildman–Crippen MR) is 82.0 cm³/mol. The van der Waals surface area contributed by atoms with Gasteiger partial charge in [-0.15, -0.1) is 0 Å². The molecular formula is C17H14F4N2O2. The molecule has 0 unspecified atom stereocenters. The second-order valence-corrected chi connectivity index (χ2v) is 5.30. The van der Waals surface area contributed by atoms with Crippen LogP contribution in [0.2, 0.25) is 0 Å². The molecule has 2 rings (SSSR count). The van der Waals surface area contributed by atoms with Crippen LogP contribution in [0, 0.1) is 5.82 Å². The zero-order chi connectivity index (χ0) is 18.6. The summed E-state index contributed by atoms with van der Waals surface area (Å²) in [7, 11) is 0. The quantitative estimate of drug-likeness (QED) is 0.811. The number of carbonyl (C=O) groups excluding carboxylic acids is 2. The first-order chi connectivity index (χ1) is 11.7. The maximum absolute atomic E-state index is 13.7. The van der Waals surface area contributed by atoms with Gasteiger partial charge in [0, 0.05) is 12.0 Å². The standard InChI is InChI=1S/C17H14F4N2O2/c18-13-7-2-1-4-10(13)9-14(15(22)24)23-16(25)11-5-3-6-12(8-11)17(19,20)21/h1-8,14H,9H2,(H2,22,24)(H,23,25)/t14-/m0/s1. The summed E-state index contributed by atoms with van der Waals surface area (Å²) in [6.45, 7) is 0. The number of nitrogens with two attached hydrogens (primary N) is 1. The molecule has 0 heterocycles. The summed E-state index contributed by atoms with van der Waals surface area (Å²) in [5.41, 5.74) is 4.07. The SMILES string of the molecule is NC(=O)[C@H](Cc1ccccc1F)NC(=O)c1cccc(C(F)(F)F)c1. The van der Waals surface area contributed by atoms with Gasteiger partial charge in [0.2, 0.25) is 5.91 Å². The van der Waals surface area contributed by atoms with Gasteiger partial charge in [0.25, 0.3) is 5.91 Å². The molecule has 2 aromatic rings. The Kier molecular flexibility index (Phi) is 5.41. The molecule has 3 N–H and O–H groups in total. The van der Waals surface area contributed by atoms with Crippen LogP contribution in [0.15, 0.2) is 48.5 Å². The van der Waals surface area contributed by atoms with E-state index in [1.54, 1.807) is 6.07 Å². The van der Waals surface area contributed by atoms with Gasteiger partial charge in [0.15, 0.2) is 0 Å². The smallest absolute Gasteiger partial charge is 0.368 e. The van der Waals surface area contributed by atoms with E-state index in [9.17, 15) is 27.2 Å². The summed E-state index contributed by atoms with van der Waals surface area (Å²) >= 11 is 0. The van der Waals surface area contributed by atoms with Gasteiger partial charge in [0.05, 0.1) is 5.56 Å². The van der Waals surface area contributed by atoms with Crippen molar-refractivity contribution in [2.75, 3.05) is 0 Å². The number of amides is 2. The molecule has 4 nitrogen and oxygen atoms in total. The highest BCUT2D eigenvalue weighted by molar-refractivity contribution is 5.97. The van der Waals surface area contributed by atoms with Gasteiger partial charge in [-0.3, -0.25) is 9.59 Å². The maximum atomic E-state index is 13.7. The summed E-state index contributed by atoms with van der Waals surface area (Å²) in [4.78, 5) is 23.6.